The first-order valence-electron chi connectivity index (χ1n) is 19.3. The zero-order valence-corrected chi connectivity index (χ0v) is 38.3. The second kappa shape index (κ2) is 21.5. The Balaban J connectivity index is 1.27. The van der Waals surface area contributed by atoms with E-state index in [2.05, 4.69) is 41.7 Å². The third kappa shape index (κ3) is 12.6. The summed E-state index contributed by atoms with van der Waals surface area (Å²) in [4.78, 5) is 78.0. The largest absolute Gasteiger partial charge is 0.417 e. The van der Waals surface area contributed by atoms with Crippen LogP contribution in [0.5, 0.6) is 0 Å². The van der Waals surface area contributed by atoms with E-state index < -0.39 is 80.8 Å². The number of nitrogens with zero attached hydrogens (tertiary/aromatic N) is 4. The van der Waals surface area contributed by atoms with E-state index in [0.717, 1.165) is 50.2 Å². The first kappa shape index (κ1) is 52.2. The minimum absolute atomic E-state index is 0.0636. The van der Waals surface area contributed by atoms with Gasteiger partial charge in [-0.25, -0.2) is 0 Å². The fraction of sp³-hybridized carbons (Fsp3) is 0.182. The molecule has 0 saturated carbocycles. The molecule has 0 aliphatic heterocycles. The molecular formula is C44H32Cl4F6N8O6. The van der Waals surface area contributed by atoms with Crippen LogP contribution in [0.1, 0.15) is 56.8 Å². The molecule has 24 heteroatoms. The Labute approximate surface area is 401 Å². The van der Waals surface area contributed by atoms with E-state index in [9.17, 15) is 55.1 Å². The number of carbonyl (C=O) groups is 6. The zero-order chi connectivity index (χ0) is 50.4. The molecule has 0 spiro atoms. The van der Waals surface area contributed by atoms with Crippen LogP contribution in [0.25, 0.3) is 0 Å². The van der Waals surface area contributed by atoms with Crippen molar-refractivity contribution in [2.24, 2.45) is 20.5 Å². The monoisotopic (exact) mass is 1020 g/mol. The van der Waals surface area contributed by atoms with Crippen molar-refractivity contribution in [3.8, 4) is 0 Å². The Hall–Kier alpha value is -6.74. The normalized spacial score (nSPS) is 12.7. The summed E-state index contributed by atoms with van der Waals surface area (Å²) in [5, 5.41) is 23.6. The lowest BCUT2D eigenvalue weighted by Gasteiger charge is -2.17. The van der Waals surface area contributed by atoms with Crippen LogP contribution in [0.4, 0.5) is 60.5 Å². The van der Waals surface area contributed by atoms with Gasteiger partial charge in [0.25, 0.3) is 23.6 Å². The highest BCUT2D eigenvalue weighted by Crippen LogP contribution is 2.40. The van der Waals surface area contributed by atoms with E-state index in [1.54, 1.807) is 13.8 Å². The third-order valence-corrected chi connectivity index (χ3v) is 11.1. The van der Waals surface area contributed by atoms with E-state index in [1.807, 2.05) is 0 Å². The molecule has 2 atom stereocenters. The average Bonchev–Trinajstić information content (AvgIpc) is 3.25. The third-order valence-electron chi connectivity index (χ3n) is 9.65. The molecule has 0 radical (unpaired) electrons. The minimum Gasteiger partial charge on any atom is -0.324 e. The van der Waals surface area contributed by atoms with E-state index in [0.29, 0.717) is 11.1 Å². The van der Waals surface area contributed by atoms with Crippen LogP contribution in [-0.4, -0.2) is 47.3 Å². The minimum atomic E-state index is -4.79. The quantitative estimate of drug-likeness (QED) is 0.0484. The number of alkyl halides is 6. The van der Waals surface area contributed by atoms with E-state index in [1.165, 1.54) is 48.5 Å². The van der Waals surface area contributed by atoms with Crippen LogP contribution in [0.2, 0.25) is 20.1 Å². The van der Waals surface area contributed by atoms with Crippen LogP contribution >= 0.6 is 46.4 Å². The molecule has 0 aromatic heterocycles. The second-order valence-electron chi connectivity index (χ2n) is 14.4. The van der Waals surface area contributed by atoms with Crippen molar-refractivity contribution in [1.82, 2.24) is 0 Å². The van der Waals surface area contributed by atoms with Gasteiger partial charge in [0.05, 0.1) is 42.6 Å². The molecule has 2 unspecified atom stereocenters. The molecule has 0 saturated heterocycles. The molecule has 4 N–H and O–H groups in total. The SMILES string of the molecule is CC(=O)C(N=Nc1cc(C(=O)Nc2cccc(C(F)(F)F)c2Cl)ccc1Cl)C(=O)Nc1ccc(NC(=O)C(N=Nc2cc(C(=O)Nc3cccc(C(F)(F)F)c3Cl)ccc2Cl)C(C)=O)c(C)c1C. The summed E-state index contributed by atoms with van der Waals surface area (Å²) in [6, 6.07) is 12.4. The molecule has 0 fully saturated rings. The first-order chi connectivity index (χ1) is 31.8. The van der Waals surface area contributed by atoms with Crippen molar-refractivity contribution in [1.29, 1.82) is 0 Å². The van der Waals surface area contributed by atoms with Gasteiger partial charge in [0.1, 0.15) is 11.4 Å². The zero-order valence-electron chi connectivity index (χ0n) is 35.3. The molecule has 0 aliphatic rings. The Morgan fingerprint density at radius 2 is 0.853 bits per heavy atom. The van der Waals surface area contributed by atoms with Crippen LogP contribution in [-0.2, 0) is 31.5 Å². The lowest BCUT2D eigenvalue weighted by atomic mass is 10.0. The highest BCUT2D eigenvalue weighted by Gasteiger charge is 2.35. The summed E-state index contributed by atoms with van der Waals surface area (Å²) >= 11 is 24.3. The van der Waals surface area contributed by atoms with Crippen LogP contribution in [0.3, 0.4) is 0 Å². The molecule has 354 valence electrons. The summed E-state index contributed by atoms with van der Waals surface area (Å²) < 4.78 is 80.0. The summed E-state index contributed by atoms with van der Waals surface area (Å²) in [7, 11) is 0. The fourth-order valence-electron chi connectivity index (χ4n) is 5.92. The lowest BCUT2D eigenvalue weighted by molar-refractivity contribution is -0.138. The van der Waals surface area contributed by atoms with Crippen molar-refractivity contribution in [3.05, 3.63) is 138 Å². The standard InChI is InChI=1S/C44H32Cl4F6N8O6/c1-19-20(2)30(56-42(68)38(22(4)64)62-60-34-18-24(12-14-28(34)46)40(66)58-32-10-6-8-26(36(32)48)44(52,53)54)16-15-29(19)55-41(67)37(21(3)63)61-59-33-17-23(11-13-27(33)45)39(65)57-31-9-5-7-25(35(31)47)43(49,50)51/h5-18,37-38H,1-4H3,(H,55,67)(H,56,68)(H,57,65)(H,58,66). The molecule has 0 aliphatic carbocycles. The van der Waals surface area contributed by atoms with Crippen molar-refractivity contribution >= 4 is 116 Å². The number of ketones is 2. The number of rotatable bonds is 14. The number of nitrogens with one attached hydrogen (secondary N) is 4. The molecule has 5 rings (SSSR count). The smallest absolute Gasteiger partial charge is 0.324 e. The van der Waals surface area contributed by atoms with Gasteiger partial charge in [-0.2, -0.15) is 46.8 Å². The number of amides is 4. The van der Waals surface area contributed by atoms with Gasteiger partial charge in [0.15, 0.2) is 11.6 Å². The highest BCUT2D eigenvalue weighted by molar-refractivity contribution is 6.36. The predicted octanol–water partition coefficient (Wildman–Crippen LogP) is 12.8. The molecule has 14 nitrogen and oxygen atoms in total. The summed E-state index contributed by atoms with van der Waals surface area (Å²) in [6.45, 7) is 5.27. The number of anilines is 4. The van der Waals surface area contributed by atoms with E-state index >= 15 is 0 Å². The van der Waals surface area contributed by atoms with Crippen LogP contribution < -0.4 is 21.3 Å². The average molecular weight is 1020 g/mol. The molecule has 5 aromatic carbocycles. The van der Waals surface area contributed by atoms with Crippen molar-refractivity contribution in [2.45, 2.75) is 52.1 Å². The Morgan fingerprint density at radius 1 is 0.500 bits per heavy atom. The molecule has 0 heterocycles. The summed E-state index contributed by atoms with van der Waals surface area (Å²) in [5.41, 5.74) is -2.47. The first-order valence-corrected chi connectivity index (χ1v) is 20.8. The maximum absolute atomic E-state index is 13.4. The number of benzene rings is 5. The van der Waals surface area contributed by atoms with E-state index in [-0.39, 0.29) is 55.3 Å². The van der Waals surface area contributed by atoms with Crippen molar-refractivity contribution in [3.63, 3.8) is 0 Å². The summed E-state index contributed by atoms with van der Waals surface area (Å²) in [5.74, 6) is -5.18. The second-order valence-corrected chi connectivity index (χ2v) is 16.0. The van der Waals surface area contributed by atoms with Crippen LogP contribution in [0.15, 0.2) is 105 Å². The number of Topliss-reactive ketones (excluding diaryl/α,β-unsaturated/α-hetero) is 2. The Morgan fingerprint density at radius 3 is 1.18 bits per heavy atom. The number of halogens is 10. The molecule has 4 amide bonds. The van der Waals surface area contributed by atoms with Gasteiger partial charge in [0, 0.05) is 22.5 Å². The lowest BCUT2D eigenvalue weighted by Crippen LogP contribution is -2.33. The fourth-order valence-corrected chi connectivity index (χ4v) is 6.79. The van der Waals surface area contributed by atoms with Gasteiger partial charge in [0.2, 0.25) is 12.1 Å². The molecule has 0 bridgehead atoms. The maximum atomic E-state index is 13.4. The molecular weight excluding hydrogens is 992 g/mol. The van der Waals surface area contributed by atoms with Gasteiger partial charge in [-0.3, -0.25) is 28.8 Å². The number of azo groups is 2. The topological polar surface area (TPSA) is 200 Å². The molecule has 68 heavy (non-hydrogen) atoms. The van der Waals surface area contributed by atoms with Gasteiger partial charge >= 0.3 is 12.4 Å². The van der Waals surface area contributed by atoms with Gasteiger partial charge in [-0.05, 0) is 112 Å². The van der Waals surface area contributed by atoms with Crippen molar-refractivity contribution < 1.29 is 55.1 Å². The van der Waals surface area contributed by atoms with E-state index in [4.69, 9.17) is 46.4 Å². The number of carbonyl (C=O) groups excluding carboxylic acids is 6. The molecule has 5 aromatic rings. The van der Waals surface area contributed by atoms with Gasteiger partial charge in [-0.1, -0.05) is 58.5 Å². The highest BCUT2D eigenvalue weighted by atomic mass is 35.5. The predicted molar refractivity (Wildman–Crippen MR) is 243 cm³/mol. The maximum Gasteiger partial charge on any atom is 0.417 e. The Bertz CT molecular complexity index is 2740. The van der Waals surface area contributed by atoms with Gasteiger partial charge < -0.3 is 21.3 Å². The number of hydrogen-bond donors (Lipinski definition) is 4. The van der Waals surface area contributed by atoms with Crippen molar-refractivity contribution in [2.75, 3.05) is 21.3 Å². The van der Waals surface area contributed by atoms with Crippen LogP contribution in [0, 0.1) is 13.8 Å². The summed E-state index contributed by atoms with van der Waals surface area (Å²) in [6.07, 6.45) is -9.57. The number of hydrogen-bond acceptors (Lipinski definition) is 10. The van der Waals surface area contributed by atoms with Gasteiger partial charge in [-0.15, -0.1) is 0 Å². The Kier molecular flexibility index (Phi) is 16.5.